The Kier molecular flexibility index (Phi) is 6.40. The lowest BCUT2D eigenvalue weighted by Gasteiger charge is -2.06. The predicted molar refractivity (Wildman–Crippen MR) is 74.3 cm³/mol. The Bertz CT molecular complexity index is 354. The van der Waals surface area contributed by atoms with E-state index in [1.165, 1.54) is 0 Å². The third-order valence-electron chi connectivity index (χ3n) is 2.02. The Balaban J connectivity index is 2.21. The molecule has 0 aliphatic heterocycles. The van der Waals surface area contributed by atoms with Gasteiger partial charge >= 0.3 is 0 Å². The number of nitrogens with one attached hydrogen (secondary N) is 1. The fourth-order valence-corrected chi connectivity index (χ4v) is 2.09. The molecule has 17 heavy (non-hydrogen) atoms. The molecule has 0 saturated heterocycles. The number of thioether (sulfide) groups is 1. The van der Waals surface area contributed by atoms with E-state index in [9.17, 15) is 4.79 Å². The number of benzene rings is 1. The van der Waals surface area contributed by atoms with Gasteiger partial charge in [-0.3, -0.25) is 4.79 Å². The highest BCUT2D eigenvalue weighted by atomic mass is 35.5. The van der Waals surface area contributed by atoms with Crippen LogP contribution in [-0.4, -0.2) is 23.5 Å². The molecular weight excluding hydrogens is 256 g/mol. The van der Waals surface area contributed by atoms with Crippen molar-refractivity contribution in [2.75, 3.05) is 11.5 Å². The van der Waals surface area contributed by atoms with E-state index < -0.39 is 0 Å². The van der Waals surface area contributed by atoms with Gasteiger partial charge in [-0.2, -0.15) is 11.8 Å². The molecule has 1 rings (SSSR count). The predicted octanol–water partition coefficient (Wildman–Crippen LogP) is 2.04. The summed E-state index contributed by atoms with van der Waals surface area (Å²) < 4.78 is 0. The highest BCUT2D eigenvalue weighted by Crippen LogP contribution is 2.09. The Hall–Kier alpha value is -0.710. The molecule has 1 aromatic carbocycles. The zero-order valence-corrected chi connectivity index (χ0v) is 11.4. The van der Waals surface area contributed by atoms with Crippen molar-refractivity contribution in [1.29, 1.82) is 0 Å². The molecule has 0 aliphatic rings. The van der Waals surface area contributed by atoms with Gasteiger partial charge in [-0.1, -0.05) is 23.7 Å². The first-order chi connectivity index (χ1) is 8.08. The molecule has 1 aromatic rings. The maximum absolute atomic E-state index is 11.5. The summed E-state index contributed by atoms with van der Waals surface area (Å²) in [5.74, 6) is 1.29. The minimum Gasteiger partial charge on any atom is -0.351 e. The number of rotatable bonds is 6. The van der Waals surface area contributed by atoms with Crippen LogP contribution in [0.4, 0.5) is 0 Å². The molecule has 5 heteroatoms. The lowest BCUT2D eigenvalue weighted by atomic mass is 10.2. The van der Waals surface area contributed by atoms with Crippen LogP contribution in [-0.2, 0) is 11.3 Å². The van der Waals surface area contributed by atoms with E-state index in [0.29, 0.717) is 17.3 Å². The molecule has 0 aliphatic carbocycles. The van der Waals surface area contributed by atoms with E-state index in [1.807, 2.05) is 31.2 Å². The summed E-state index contributed by atoms with van der Waals surface area (Å²) in [6.45, 7) is 2.47. The van der Waals surface area contributed by atoms with Gasteiger partial charge in [0.05, 0.1) is 5.75 Å². The molecule has 0 bridgehead atoms. The minimum atomic E-state index is 0.0330. The monoisotopic (exact) mass is 272 g/mol. The Labute approximate surface area is 111 Å². The SMILES string of the molecule is CC(N)CSCC(=O)NCc1ccc(Cl)cc1. The van der Waals surface area contributed by atoms with Gasteiger partial charge in [0.1, 0.15) is 0 Å². The van der Waals surface area contributed by atoms with Crippen LogP contribution in [0.5, 0.6) is 0 Å². The number of hydrogen-bond donors (Lipinski definition) is 2. The normalized spacial score (nSPS) is 12.2. The van der Waals surface area contributed by atoms with Crippen LogP contribution in [0.2, 0.25) is 5.02 Å². The second-order valence-corrected chi connectivity index (χ2v) is 5.36. The van der Waals surface area contributed by atoms with E-state index in [-0.39, 0.29) is 11.9 Å². The van der Waals surface area contributed by atoms with E-state index in [1.54, 1.807) is 11.8 Å². The highest BCUT2D eigenvalue weighted by Gasteiger charge is 2.02. The third kappa shape index (κ3) is 6.56. The van der Waals surface area contributed by atoms with Gasteiger partial charge < -0.3 is 11.1 Å². The van der Waals surface area contributed by atoms with Crippen molar-refractivity contribution < 1.29 is 4.79 Å². The summed E-state index contributed by atoms with van der Waals surface area (Å²) in [6.07, 6.45) is 0. The van der Waals surface area contributed by atoms with Crippen LogP contribution in [0.1, 0.15) is 12.5 Å². The summed E-state index contributed by atoms with van der Waals surface area (Å²) >= 11 is 7.32. The van der Waals surface area contributed by atoms with Crippen LogP contribution >= 0.6 is 23.4 Å². The molecule has 0 radical (unpaired) electrons. The number of carbonyl (C=O) groups excluding carboxylic acids is 1. The van der Waals surface area contributed by atoms with Gasteiger partial charge in [-0.15, -0.1) is 0 Å². The zero-order chi connectivity index (χ0) is 12.7. The van der Waals surface area contributed by atoms with Crippen LogP contribution in [0, 0.1) is 0 Å². The van der Waals surface area contributed by atoms with Crippen LogP contribution in [0.3, 0.4) is 0 Å². The van der Waals surface area contributed by atoms with Crippen molar-refractivity contribution in [1.82, 2.24) is 5.32 Å². The molecule has 0 aromatic heterocycles. The van der Waals surface area contributed by atoms with Crippen LogP contribution in [0.25, 0.3) is 0 Å². The second-order valence-electron chi connectivity index (χ2n) is 3.90. The van der Waals surface area contributed by atoms with Crippen molar-refractivity contribution in [3.8, 4) is 0 Å². The third-order valence-corrected chi connectivity index (χ3v) is 3.50. The Morgan fingerprint density at radius 2 is 2.12 bits per heavy atom. The van der Waals surface area contributed by atoms with Crippen molar-refractivity contribution in [3.63, 3.8) is 0 Å². The van der Waals surface area contributed by atoms with E-state index in [4.69, 9.17) is 17.3 Å². The molecule has 0 saturated carbocycles. The molecule has 94 valence electrons. The fraction of sp³-hybridized carbons (Fsp3) is 0.417. The molecular formula is C12H17ClN2OS. The maximum Gasteiger partial charge on any atom is 0.230 e. The number of nitrogens with two attached hydrogens (primary N) is 1. The smallest absolute Gasteiger partial charge is 0.230 e. The molecule has 3 nitrogen and oxygen atoms in total. The van der Waals surface area contributed by atoms with E-state index in [0.717, 1.165) is 11.3 Å². The lowest BCUT2D eigenvalue weighted by molar-refractivity contribution is -0.118. The first kappa shape index (κ1) is 14.4. The molecule has 1 unspecified atom stereocenters. The summed E-state index contributed by atoms with van der Waals surface area (Å²) in [6, 6.07) is 7.56. The standard InChI is InChI=1S/C12H17ClN2OS/c1-9(14)7-17-8-12(16)15-6-10-2-4-11(13)5-3-10/h2-5,9H,6-8,14H2,1H3,(H,15,16). The van der Waals surface area contributed by atoms with Gasteiger partial charge in [0.15, 0.2) is 0 Å². The molecule has 0 spiro atoms. The number of halogens is 1. The second kappa shape index (κ2) is 7.58. The first-order valence-electron chi connectivity index (χ1n) is 5.42. The largest absolute Gasteiger partial charge is 0.351 e. The van der Waals surface area contributed by atoms with Crippen molar-refractivity contribution >= 4 is 29.3 Å². The summed E-state index contributed by atoms with van der Waals surface area (Å²) in [5, 5.41) is 3.55. The molecule has 0 fully saturated rings. The summed E-state index contributed by atoms with van der Waals surface area (Å²) in [5.41, 5.74) is 6.63. The van der Waals surface area contributed by atoms with Gasteiger partial charge in [0.25, 0.3) is 0 Å². The number of amides is 1. The quantitative estimate of drug-likeness (QED) is 0.833. The maximum atomic E-state index is 11.5. The van der Waals surface area contributed by atoms with Gasteiger partial charge in [0.2, 0.25) is 5.91 Å². The van der Waals surface area contributed by atoms with Crippen molar-refractivity contribution in [2.45, 2.75) is 19.5 Å². The van der Waals surface area contributed by atoms with E-state index in [2.05, 4.69) is 5.32 Å². The molecule has 0 heterocycles. The highest BCUT2D eigenvalue weighted by molar-refractivity contribution is 7.99. The van der Waals surface area contributed by atoms with Gasteiger partial charge in [-0.25, -0.2) is 0 Å². The van der Waals surface area contributed by atoms with Crippen molar-refractivity contribution in [3.05, 3.63) is 34.9 Å². The fourth-order valence-electron chi connectivity index (χ4n) is 1.19. The topological polar surface area (TPSA) is 55.1 Å². The lowest BCUT2D eigenvalue weighted by Crippen LogP contribution is -2.26. The first-order valence-corrected chi connectivity index (χ1v) is 6.95. The Morgan fingerprint density at radius 1 is 1.47 bits per heavy atom. The van der Waals surface area contributed by atoms with Gasteiger partial charge in [0, 0.05) is 23.4 Å². The van der Waals surface area contributed by atoms with Crippen LogP contribution in [0.15, 0.2) is 24.3 Å². The number of hydrogen-bond acceptors (Lipinski definition) is 3. The average molecular weight is 273 g/mol. The summed E-state index contributed by atoms with van der Waals surface area (Å²) in [7, 11) is 0. The minimum absolute atomic E-state index is 0.0330. The summed E-state index contributed by atoms with van der Waals surface area (Å²) in [4.78, 5) is 11.5. The number of carbonyl (C=O) groups is 1. The molecule has 3 N–H and O–H groups in total. The zero-order valence-electron chi connectivity index (χ0n) is 9.78. The van der Waals surface area contributed by atoms with Gasteiger partial charge in [-0.05, 0) is 24.6 Å². The molecule has 1 amide bonds. The van der Waals surface area contributed by atoms with Crippen LogP contribution < -0.4 is 11.1 Å². The Morgan fingerprint density at radius 3 is 2.71 bits per heavy atom. The van der Waals surface area contributed by atoms with Crippen molar-refractivity contribution in [2.24, 2.45) is 5.73 Å². The van der Waals surface area contributed by atoms with E-state index >= 15 is 0 Å². The molecule has 1 atom stereocenters. The average Bonchev–Trinajstić information content (AvgIpc) is 2.28.